The fourth-order valence-electron chi connectivity index (χ4n) is 3.81. The van der Waals surface area contributed by atoms with Gasteiger partial charge in [-0.3, -0.25) is 0 Å². The van der Waals surface area contributed by atoms with Gasteiger partial charge in [-0.2, -0.15) is 0 Å². The van der Waals surface area contributed by atoms with Gasteiger partial charge in [0.15, 0.2) is 0 Å². The van der Waals surface area contributed by atoms with Gasteiger partial charge in [-0.15, -0.1) is 0 Å². The second kappa shape index (κ2) is 6.37. The van der Waals surface area contributed by atoms with E-state index < -0.39 is 6.09 Å². The van der Waals surface area contributed by atoms with Crippen LogP contribution in [-0.4, -0.2) is 30.3 Å². The molecule has 1 heterocycles. The largest absolute Gasteiger partial charge is 0.465 e. The number of hydrogen-bond acceptors (Lipinski definition) is 2. The summed E-state index contributed by atoms with van der Waals surface area (Å²) in [7, 11) is 0. The predicted octanol–water partition coefficient (Wildman–Crippen LogP) is 3.27. The minimum Gasteiger partial charge on any atom is -0.465 e. The number of nitrogens with one attached hydrogen (secondary N) is 1. The maximum atomic E-state index is 10.9. The zero-order chi connectivity index (χ0) is 14.7. The predicted molar refractivity (Wildman–Crippen MR) is 83.9 cm³/mol. The minimum atomic E-state index is -0.919. The molecule has 0 spiro atoms. The lowest BCUT2D eigenvalue weighted by Gasteiger charge is -2.38. The van der Waals surface area contributed by atoms with Crippen molar-refractivity contribution in [3.05, 3.63) is 29.8 Å². The number of carboxylic acid groups (broad SMARTS) is 1. The Bertz CT molecular complexity index is 497. The second-order valence-corrected chi connectivity index (χ2v) is 6.39. The molecule has 0 bridgehead atoms. The number of amides is 1. The first-order valence-corrected chi connectivity index (χ1v) is 8.04. The van der Waals surface area contributed by atoms with E-state index in [9.17, 15) is 4.79 Å². The molecule has 1 fully saturated rings. The third kappa shape index (κ3) is 3.49. The van der Waals surface area contributed by atoms with E-state index in [1.165, 1.54) is 43.4 Å². The maximum absolute atomic E-state index is 10.9. The van der Waals surface area contributed by atoms with E-state index in [1.54, 1.807) is 0 Å². The van der Waals surface area contributed by atoms with E-state index in [0.717, 1.165) is 25.4 Å². The average molecular weight is 288 g/mol. The molecule has 0 aromatic heterocycles. The molecule has 1 aromatic rings. The number of carbonyl (C=O) groups is 1. The molecule has 1 unspecified atom stereocenters. The van der Waals surface area contributed by atoms with Gasteiger partial charge in [-0.1, -0.05) is 37.5 Å². The molecule has 2 aliphatic rings. The Morgan fingerprint density at radius 2 is 2.00 bits per heavy atom. The van der Waals surface area contributed by atoms with Crippen molar-refractivity contribution in [1.29, 1.82) is 0 Å². The van der Waals surface area contributed by atoms with Crippen LogP contribution < -0.4 is 10.2 Å². The molecular formula is C17H24N2O2. The molecule has 1 amide bonds. The van der Waals surface area contributed by atoms with Gasteiger partial charge in [0.05, 0.1) is 6.04 Å². The highest BCUT2D eigenvalue weighted by Crippen LogP contribution is 2.31. The quantitative estimate of drug-likeness (QED) is 0.897. The summed E-state index contributed by atoms with van der Waals surface area (Å²) in [6.07, 6.45) is 6.57. The molecule has 1 aliphatic heterocycles. The van der Waals surface area contributed by atoms with Crippen LogP contribution in [0, 0.1) is 5.92 Å². The number of benzene rings is 1. The number of rotatable bonds is 3. The Morgan fingerprint density at radius 1 is 1.24 bits per heavy atom. The lowest BCUT2D eigenvalue weighted by Crippen LogP contribution is -2.49. The van der Waals surface area contributed by atoms with E-state index in [0.29, 0.717) is 0 Å². The summed E-state index contributed by atoms with van der Waals surface area (Å²) in [6.45, 7) is 1.86. The minimum absolute atomic E-state index is 0.000917. The van der Waals surface area contributed by atoms with Gasteiger partial charge in [0.25, 0.3) is 0 Å². The highest BCUT2D eigenvalue weighted by atomic mass is 16.4. The molecule has 21 heavy (non-hydrogen) atoms. The molecule has 0 saturated heterocycles. The summed E-state index contributed by atoms with van der Waals surface area (Å²) in [5.74, 6) is 0.760. The zero-order valence-corrected chi connectivity index (χ0v) is 12.4. The van der Waals surface area contributed by atoms with Gasteiger partial charge in [0, 0.05) is 18.8 Å². The third-order valence-electron chi connectivity index (χ3n) is 4.77. The standard InChI is InChI=1S/C17H24N2O2/c20-17(21)18-15-10-14-8-4-5-9-16(14)19(12-15)11-13-6-2-1-3-7-13/h4-5,8-9,13,15,18H,1-3,6-7,10-12H2,(H,20,21). The van der Waals surface area contributed by atoms with Gasteiger partial charge in [0.1, 0.15) is 0 Å². The summed E-state index contributed by atoms with van der Waals surface area (Å²) in [4.78, 5) is 13.3. The number of para-hydroxylation sites is 1. The summed E-state index contributed by atoms with van der Waals surface area (Å²) in [5, 5.41) is 11.7. The van der Waals surface area contributed by atoms with E-state index in [-0.39, 0.29) is 6.04 Å². The van der Waals surface area contributed by atoms with Crippen molar-refractivity contribution in [3.63, 3.8) is 0 Å². The highest BCUT2D eigenvalue weighted by Gasteiger charge is 2.27. The molecule has 2 N–H and O–H groups in total. The van der Waals surface area contributed by atoms with Crippen LogP contribution in [0.5, 0.6) is 0 Å². The SMILES string of the molecule is O=C(O)NC1Cc2ccccc2N(CC2CCCCC2)C1. The summed E-state index contributed by atoms with van der Waals surface area (Å²) >= 11 is 0. The van der Waals surface area contributed by atoms with Crippen LogP contribution in [0.3, 0.4) is 0 Å². The van der Waals surface area contributed by atoms with Crippen molar-refractivity contribution >= 4 is 11.8 Å². The lowest BCUT2D eigenvalue weighted by atomic mass is 9.87. The first-order valence-electron chi connectivity index (χ1n) is 8.04. The highest BCUT2D eigenvalue weighted by molar-refractivity contribution is 5.66. The van der Waals surface area contributed by atoms with Crippen LogP contribution in [-0.2, 0) is 6.42 Å². The Morgan fingerprint density at radius 3 is 2.76 bits per heavy atom. The molecular weight excluding hydrogens is 264 g/mol. The van der Waals surface area contributed by atoms with Crippen LogP contribution in [0.1, 0.15) is 37.7 Å². The van der Waals surface area contributed by atoms with Gasteiger partial charge < -0.3 is 15.3 Å². The van der Waals surface area contributed by atoms with Crippen molar-refractivity contribution in [3.8, 4) is 0 Å². The Hall–Kier alpha value is -1.71. The van der Waals surface area contributed by atoms with E-state index in [4.69, 9.17) is 5.11 Å². The summed E-state index contributed by atoms with van der Waals surface area (Å²) in [5.41, 5.74) is 2.56. The molecule has 1 aliphatic carbocycles. The van der Waals surface area contributed by atoms with E-state index in [1.807, 2.05) is 6.07 Å². The van der Waals surface area contributed by atoms with Crippen molar-refractivity contribution in [2.75, 3.05) is 18.0 Å². The second-order valence-electron chi connectivity index (χ2n) is 6.39. The van der Waals surface area contributed by atoms with Crippen molar-refractivity contribution in [1.82, 2.24) is 5.32 Å². The molecule has 4 heteroatoms. The number of anilines is 1. The Labute approximate surface area is 126 Å². The monoisotopic (exact) mass is 288 g/mol. The molecule has 1 saturated carbocycles. The van der Waals surface area contributed by atoms with E-state index >= 15 is 0 Å². The fourth-order valence-corrected chi connectivity index (χ4v) is 3.81. The summed E-state index contributed by atoms with van der Waals surface area (Å²) < 4.78 is 0. The Kier molecular flexibility index (Phi) is 4.32. The normalized spacial score (nSPS) is 22.7. The smallest absolute Gasteiger partial charge is 0.404 e. The summed E-state index contributed by atoms with van der Waals surface area (Å²) in [6, 6.07) is 8.42. The van der Waals surface area contributed by atoms with Crippen LogP contribution in [0.4, 0.5) is 10.5 Å². The number of nitrogens with zero attached hydrogens (tertiary/aromatic N) is 1. The van der Waals surface area contributed by atoms with Crippen molar-refractivity contribution in [2.45, 2.75) is 44.6 Å². The third-order valence-corrected chi connectivity index (χ3v) is 4.77. The van der Waals surface area contributed by atoms with Crippen LogP contribution in [0.25, 0.3) is 0 Å². The van der Waals surface area contributed by atoms with Crippen LogP contribution in [0.15, 0.2) is 24.3 Å². The molecule has 3 rings (SSSR count). The molecule has 0 radical (unpaired) electrons. The zero-order valence-electron chi connectivity index (χ0n) is 12.4. The number of hydrogen-bond donors (Lipinski definition) is 2. The first kappa shape index (κ1) is 14.2. The van der Waals surface area contributed by atoms with Crippen LogP contribution >= 0.6 is 0 Å². The number of fused-ring (bicyclic) bond motifs is 1. The average Bonchev–Trinajstić information content (AvgIpc) is 2.47. The topological polar surface area (TPSA) is 52.6 Å². The molecule has 1 aromatic carbocycles. The molecule has 1 atom stereocenters. The molecule has 4 nitrogen and oxygen atoms in total. The van der Waals surface area contributed by atoms with Gasteiger partial charge in [-0.05, 0) is 36.8 Å². The Balaban J connectivity index is 1.75. The van der Waals surface area contributed by atoms with E-state index in [2.05, 4.69) is 28.4 Å². The first-order chi connectivity index (χ1) is 10.2. The fraction of sp³-hybridized carbons (Fsp3) is 0.588. The van der Waals surface area contributed by atoms with Gasteiger partial charge in [0.2, 0.25) is 0 Å². The van der Waals surface area contributed by atoms with Gasteiger partial charge in [-0.25, -0.2) is 4.79 Å². The van der Waals surface area contributed by atoms with Crippen molar-refractivity contribution < 1.29 is 9.90 Å². The lowest BCUT2D eigenvalue weighted by molar-refractivity contribution is 0.189. The van der Waals surface area contributed by atoms with Gasteiger partial charge >= 0.3 is 6.09 Å². The van der Waals surface area contributed by atoms with Crippen molar-refractivity contribution in [2.24, 2.45) is 5.92 Å². The molecule has 114 valence electrons. The maximum Gasteiger partial charge on any atom is 0.404 e. The van der Waals surface area contributed by atoms with Crippen LogP contribution in [0.2, 0.25) is 0 Å².